The van der Waals surface area contributed by atoms with Crippen molar-refractivity contribution in [1.29, 1.82) is 0 Å². The molecule has 0 saturated carbocycles. The number of hydrogen-bond donors (Lipinski definition) is 0. The Morgan fingerprint density at radius 1 is 0.724 bits per heavy atom. The van der Waals surface area contributed by atoms with Crippen molar-refractivity contribution in [2.45, 2.75) is 6.61 Å². The van der Waals surface area contributed by atoms with Gasteiger partial charge in [-0.2, -0.15) is 0 Å². The molecule has 3 heteroatoms. The molecule has 0 radical (unpaired) electrons. The van der Waals surface area contributed by atoms with Crippen LogP contribution in [0.2, 0.25) is 0 Å². The van der Waals surface area contributed by atoms with Crippen LogP contribution in [0.1, 0.15) is 27.0 Å². The van der Waals surface area contributed by atoms with Gasteiger partial charge in [0.25, 0.3) is 0 Å². The SMILES string of the molecule is O=C1C(c2cccc3ccccc23)=C(OCc2cccc(I)c2)c2ccccc21. The number of ether oxygens (including phenoxy) is 1. The van der Waals surface area contributed by atoms with Gasteiger partial charge >= 0.3 is 0 Å². The second-order valence-corrected chi connectivity index (χ2v) is 8.27. The fraction of sp³-hybridized carbons (Fsp3) is 0.0385. The highest BCUT2D eigenvalue weighted by atomic mass is 127. The summed E-state index contributed by atoms with van der Waals surface area (Å²) in [6.45, 7) is 0.419. The van der Waals surface area contributed by atoms with Gasteiger partial charge < -0.3 is 4.74 Å². The van der Waals surface area contributed by atoms with Gasteiger partial charge in [-0.25, -0.2) is 0 Å². The van der Waals surface area contributed by atoms with E-state index in [1.54, 1.807) is 0 Å². The van der Waals surface area contributed by atoms with E-state index >= 15 is 0 Å². The number of ketones is 1. The van der Waals surface area contributed by atoms with Gasteiger partial charge in [-0.05, 0) is 56.6 Å². The molecule has 0 bridgehead atoms. The average Bonchev–Trinajstić information content (AvgIpc) is 3.04. The first kappa shape index (κ1) is 18.1. The van der Waals surface area contributed by atoms with Crippen LogP contribution in [0.4, 0.5) is 0 Å². The van der Waals surface area contributed by atoms with Crippen LogP contribution < -0.4 is 0 Å². The van der Waals surface area contributed by atoms with Crippen LogP contribution in [0.5, 0.6) is 0 Å². The van der Waals surface area contributed by atoms with Crippen molar-refractivity contribution in [2.24, 2.45) is 0 Å². The van der Waals surface area contributed by atoms with Crippen LogP contribution in [0.25, 0.3) is 22.1 Å². The van der Waals surface area contributed by atoms with Crippen molar-refractivity contribution >= 4 is 50.5 Å². The van der Waals surface area contributed by atoms with Crippen molar-refractivity contribution in [3.8, 4) is 0 Å². The second-order valence-electron chi connectivity index (χ2n) is 7.02. The van der Waals surface area contributed by atoms with E-state index in [1.807, 2.05) is 60.7 Å². The number of allylic oxidation sites excluding steroid dienone is 1. The van der Waals surface area contributed by atoms with Crippen LogP contribution in [0.15, 0.2) is 91.0 Å². The van der Waals surface area contributed by atoms with E-state index in [9.17, 15) is 4.79 Å². The molecule has 1 aliphatic rings. The van der Waals surface area contributed by atoms with Crippen molar-refractivity contribution in [2.75, 3.05) is 0 Å². The molecule has 0 saturated heterocycles. The van der Waals surface area contributed by atoms with Crippen molar-refractivity contribution in [1.82, 2.24) is 0 Å². The summed E-state index contributed by atoms with van der Waals surface area (Å²) in [5, 5.41) is 2.17. The Balaban J connectivity index is 1.66. The lowest BCUT2D eigenvalue weighted by Crippen LogP contribution is -2.00. The maximum atomic E-state index is 13.4. The number of hydrogen-bond acceptors (Lipinski definition) is 2. The second kappa shape index (κ2) is 7.48. The van der Waals surface area contributed by atoms with Crippen molar-refractivity contribution in [3.63, 3.8) is 0 Å². The lowest BCUT2D eigenvalue weighted by Gasteiger charge is -2.13. The summed E-state index contributed by atoms with van der Waals surface area (Å²) in [5.74, 6) is 0.690. The van der Waals surface area contributed by atoms with Crippen LogP contribution in [0, 0.1) is 3.57 Å². The monoisotopic (exact) mass is 488 g/mol. The highest BCUT2D eigenvalue weighted by Crippen LogP contribution is 2.41. The molecule has 1 aliphatic carbocycles. The number of Topliss-reactive ketones (excluding diaryl/α,β-unsaturated/α-hetero) is 1. The first-order valence-electron chi connectivity index (χ1n) is 9.46. The van der Waals surface area contributed by atoms with E-state index < -0.39 is 0 Å². The average molecular weight is 488 g/mol. The predicted octanol–water partition coefficient (Wildman–Crippen LogP) is 6.73. The summed E-state index contributed by atoms with van der Waals surface area (Å²) < 4.78 is 7.47. The van der Waals surface area contributed by atoms with E-state index in [0.29, 0.717) is 23.5 Å². The molecule has 0 unspecified atom stereocenters. The topological polar surface area (TPSA) is 26.3 Å². The van der Waals surface area contributed by atoms with Crippen LogP contribution in [-0.2, 0) is 11.3 Å². The standard InChI is InChI=1S/C26H17IO2/c27-19-10-5-7-17(15-19)16-29-26-23-13-4-3-12-22(23)25(28)24(26)21-14-6-9-18-8-1-2-11-20(18)21/h1-15H,16H2. The maximum absolute atomic E-state index is 13.4. The number of rotatable bonds is 4. The number of fused-ring (bicyclic) bond motifs is 2. The third-order valence-corrected chi connectivity index (χ3v) is 5.87. The Morgan fingerprint density at radius 3 is 2.28 bits per heavy atom. The van der Waals surface area contributed by atoms with E-state index in [2.05, 4.69) is 52.9 Å². The minimum Gasteiger partial charge on any atom is -0.487 e. The molecule has 0 aliphatic heterocycles. The molecule has 0 amide bonds. The highest BCUT2D eigenvalue weighted by molar-refractivity contribution is 14.1. The Bertz CT molecular complexity index is 1280. The number of carbonyl (C=O) groups is 1. The number of carbonyl (C=O) groups excluding carboxylic acids is 1. The van der Waals surface area contributed by atoms with Gasteiger partial charge in [0.15, 0.2) is 5.78 Å². The molecular weight excluding hydrogens is 471 g/mol. The van der Waals surface area contributed by atoms with Gasteiger partial charge in [-0.3, -0.25) is 4.79 Å². The van der Waals surface area contributed by atoms with Gasteiger partial charge in [0.1, 0.15) is 12.4 Å². The predicted molar refractivity (Wildman–Crippen MR) is 125 cm³/mol. The summed E-state index contributed by atoms with van der Waals surface area (Å²) in [6, 6.07) is 30.1. The fourth-order valence-electron chi connectivity index (χ4n) is 3.87. The van der Waals surface area contributed by atoms with Gasteiger partial charge in [-0.15, -0.1) is 0 Å². The smallest absolute Gasteiger partial charge is 0.198 e. The lowest BCUT2D eigenvalue weighted by molar-refractivity contribution is 0.105. The zero-order valence-corrected chi connectivity index (χ0v) is 17.7. The van der Waals surface area contributed by atoms with Crippen molar-refractivity contribution < 1.29 is 9.53 Å². The molecule has 5 rings (SSSR count). The minimum absolute atomic E-state index is 0.0228. The number of benzene rings is 4. The first-order chi connectivity index (χ1) is 14.2. The summed E-state index contributed by atoms with van der Waals surface area (Å²) in [6.07, 6.45) is 0. The zero-order chi connectivity index (χ0) is 19.8. The summed E-state index contributed by atoms with van der Waals surface area (Å²) >= 11 is 2.30. The van der Waals surface area contributed by atoms with Gasteiger partial charge in [0.05, 0.1) is 5.57 Å². The van der Waals surface area contributed by atoms with Gasteiger partial charge in [-0.1, -0.05) is 78.9 Å². The normalized spacial score (nSPS) is 13.1. The molecule has 140 valence electrons. The molecule has 2 nitrogen and oxygen atoms in total. The van der Waals surface area contributed by atoms with Crippen LogP contribution >= 0.6 is 22.6 Å². The van der Waals surface area contributed by atoms with E-state index in [0.717, 1.165) is 31.0 Å². The Hall–Kier alpha value is -2.92. The molecule has 4 aromatic carbocycles. The fourth-order valence-corrected chi connectivity index (χ4v) is 4.48. The van der Waals surface area contributed by atoms with Crippen LogP contribution in [-0.4, -0.2) is 5.78 Å². The largest absolute Gasteiger partial charge is 0.487 e. The van der Waals surface area contributed by atoms with E-state index in [-0.39, 0.29) is 5.78 Å². The Labute approximate surface area is 183 Å². The first-order valence-corrected chi connectivity index (χ1v) is 10.5. The summed E-state index contributed by atoms with van der Waals surface area (Å²) in [5.41, 5.74) is 4.22. The Kier molecular flexibility index (Phi) is 4.68. The Morgan fingerprint density at radius 2 is 1.41 bits per heavy atom. The molecule has 0 fully saturated rings. The summed E-state index contributed by atoms with van der Waals surface area (Å²) in [4.78, 5) is 13.4. The van der Waals surface area contributed by atoms with Gasteiger partial charge in [0, 0.05) is 14.7 Å². The molecule has 0 spiro atoms. The number of halogens is 1. The molecule has 0 atom stereocenters. The minimum atomic E-state index is 0.0228. The summed E-state index contributed by atoms with van der Waals surface area (Å²) in [7, 11) is 0. The quantitative estimate of drug-likeness (QED) is 0.298. The van der Waals surface area contributed by atoms with Crippen LogP contribution in [0.3, 0.4) is 0 Å². The molecule has 0 N–H and O–H groups in total. The van der Waals surface area contributed by atoms with Crippen molar-refractivity contribution in [3.05, 3.63) is 117 Å². The van der Waals surface area contributed by atoms with Gasteiger partial charge in [0.2, 0.25) is 0 Å². The molecular formula is C26H17IO2. The molecule has 0 aromatic heterocycles. The lowest BCUT2D eigenvalue weighted by atomic mass is 9.96. The zero-order valence-electron chi connectivity index (χ0n) is 15.6. The maximum Gasteiger partial charge on any atom is 0.198 e. The van der Waals surface area contributed by atoms with E-state index in [1.165, 1.54) is 0 Å². The molecule has 4 aromatic rings. The molecule has 0 heterocycles. The van der Waals surface area contributed by atoms with E-state index in [4.69, 9.17) is 4.74 Å². The third kappa shape index (κ3) is 3.25. The third-order valence-electron chi connectivity index (χ3n) is 5.20. The highest BCUT2D eigenvalue weighted by Gasteiger charge is 2.32. The molecule has 29 heavy (non-hydrogen) atoms.